The summed E-state index contributed by atoms with van der Waals surface area (Å²) in [6.07, 6.45) is 15.2. The summed E-state index contributed by atoms with van der Waals surface area (Å²) in [5.41, 5.74) is 0. The Kier molecular flexibility index (Phi) is 13.2. The molecule has 0 aliphatic carbocycles. The van der Waals surface area contributed by atoms with Gasteiger partial charge in [-0.3, -0.25) is 4.79 Å². The monoisotopic (exact) mass is 361 g/mol. The Morgan fingerprint density at radius 2 is 1.73 bits per heavy atom. The minimum absolute atomic E-state index is 0.203. The molecule has 0 amide bonds. The maximum absolute atomic E-state index is 10.8. The molecule has 0 aliphatic rings. The van der Waals surface area contributed by atoms with E-state index in [9.17, 15) is 9.90 Å². The highest BCUT2D eigenvalue weighted by Crippen LogP contribution is 2.18. The van der Waals surface area contributed by atoms with Crippen molar-refractivity contribution < 1.29 is 14.6 Å². The first-order chi connectivity index (χ1) is 12.7. The van der Waals surface area contributed by atoms with Gasteiger partial charge < -0.3 is 15.2 Å². The van der Waals surface area contributed by atoms with Crippen molar-refractivity contribution >= 4 is 5.78 Å². The highest BCUT2D eigenvalue weighted by Gasteiger charge is 1.96. The summed E-state index contributed by atoms with van der Waals surface area (Å²) in [6, 6.07) is 6.96. The largest absolute Gasteiger partial charge is 0.508 e. The maximum Gasteiger partial charge on any atom is 0.143 e. The van der Waals surface area contributed by atoms with Gasteiger partial charge in [0.1, 0.15) is 17.3 Å². The quantitative estimate of drug-likeness (QED) is 0.321. The lowest BCUT2D eigenvalue weighted by Crippen LogP contribution is -2.21. The number of ketones is 1. The molecular weight excluding hydrogens is 326 g/mol. The van der Waals surface area contributed by atoms with Gasteiger partial charge >= 0.3 is 0 Å². The van der Waals surface area contributed by atoms with Gasteiger partial charge in [0, 0.05) is 6.07 Å². The van der Waals surface area contributed by atoms with Crippen LogP contribution in [0.4, 0.5) is 0 Å². The van der Waals surface area contributed by atoms with Crippen LogP contribution in [0.2, 0.25) is 0 Å². The SMILES string of the molecule is CC(=O)CNCCCC/C=C\CCCCCCCOc1cccc(O)c1. The van der Waals surface area contributed by atoms with E-state index in [1.165, 1.54) is 38.5 Å². The van der Waals surface area contributed by atoms with Gasteiger partial charge in [-0.05, 0) is 64.1 Å². The smallest absolute Gasteiger partial charge is 0.143 e. The Hall–Kier alpha value is -1.81. The van der Waals surface area contributed by atoms with Gasteiger partial charge in [0.2, 0.25) is 0 Å². The van der Waals surface area contributed by atoms with Crippen LogP contribution in [0.25, 0.3) is 0 Å². The van der Waals surface area contributed by atoms with Crippen molar-refractivity contribution in [2.24, 2.45) is 0 Å². The van der Waals surface area contributed by atoms with Gasteiger partial charge in [-0.1, -0.05) is 37.5 Å². The molecule has 1 aromatic carbocycles. The number of rotatable bonds is 16. The lowest BCUT2D eigenvalue weighted by atomic mass is 10.1. The predicted molar refractivity (Wildman–Crippen MR) is 108 cm³/mol. The van der Waals surface area contributed by atoms with Crippen molar-refractivity contribution in [2.75, 3.05) is 19.7 Å². The maximum atomic E-state index is 10.8. The number of phenols is 1. The lowest BCUT2D eigenvalue weighted by molar-refractivity contribution is -0.116. The molecule has 1 rings (SSSR count). The van der Waals surface area contributed by atoms with E-state index in [1.54, 1.807) is 25.1 Å². The van der Waals surface area contributed by atoms with Crippen LogP contribution in [0.15, 0.2) is 36.4 Å². The Labute approximate surface area is 158 Å². The summed E-state index contributed by atoms with van der Waals surface area (Å²) >= 11 is 0. The number of unbranched alkanes of at least 4 members (excludes halogenated alkanes) is 7. The van der Waals surface area contributed by atoms with Gasteiger partial charge in [0.15, 0.2) is 0 Å². The minimum atomic E-state index is 0.203. The summed E-state index contributed by atoms with van der Waals surface area (Å²) in [7, 11) is 0. The normalized spacial score (nSPS) is 11.1. The predicted octanol–water partition coefficient (Wildman–Crippen LogP) is 5.02. The third-order valence-corrected chi connectivity index (χ3v) is 4.12. The molecule has 0 saturated carbocycles. The molecule has 0 aliphatic heterocycles. The fourth-order valence-corrected chi connectivity index (χ4v) is 2.67. The van der Waals surface area contributed by atoms with Crippen LogP contribution in [-0.4, -0.2) is 30.6 Å². The van der Waals surface area contributed by atoms with E-state index in [1.807, 2.05) is 6.07 Å². The highest BCUT2D eigenvalue weighted by molar-refractivity contribution is 5.77. The van der Waals surface area contributed by atoms with Crippen LogP contribution < -0.4 is 10.1 Å². The van der Waals surface area contributed by atoms with E-state index in [0.29, 0.717) is 13.2 Å². The van der Waals surface area contributed by atoms with Crippen LogP contribution in [0.1, 0.15) is 64.7 Å². The van der Waals surface area contributed by atoms with Crippen LogP contribution >= 0.6 is 0 Å². The van der Waals surface area contributed by atoms with E-state index in [0.717, 1.165) is 31.6 Å². The molecule has 0 aromatic heterocycles. The van der Waals surface area contributed by atoms with Gasteiger partial charge in [-0.15, -0.1) is 0 Å². The molecule has 0 heterocycles. The second-order valence-electron chi connectivity index (χ2n) is 6.75. The number of allylic oxidation sites excluding steroid dienone is 2. The molecule has 2 N–H and O–H groups in total. The molecule has 0 radical (unpaired) electrons. The van der Waals surface area contributed by atoms with E-state index < -0.39 is 0 Å². The third-order valence-electron chi connectivity index (χ3n) is 4.12. The first-order valence-electron chi connectivity index (χ1n) is 9.95. The van der Waals surface area contributed by atoms with Gasteiger partial charge in [-0.25, -0.2) is 0 Å². The molecule has 0 saturated heterocycles. The molecule has 1 aromatic rings. The Morgan fingerprint density at radius 1 is 1.04 bits per heavy atom. The van der Waals surface area contributed by atoms with Crippen molar-refractivity contribution in [3.63, 3.8) is 0 Å². The number of hydrogen-bond acceptors (Lipinski definition) is 4. The van der Waals surface area contributed by atoms with Crippen molar-refractivity contribution in [1.82, 2.24) is 5.32 Å². The standard InChI is InChI=1S/C22H35NO3/c1-20(24)19-23-16-11-9-7-5-3-2-4-6-8-10-12-17-26-22-15-13-14-21(25)18-22/h3,5,13-15,18,23,25H,2,4,6-12,16-17,19H2,1H3/b5-3-. The minimum Gasteiger partial charge on any atom is -0.508 e. The number of ether oxygens (including phenoxy) is 1. The summed E-state index contributed by atoms with van der Waals surface area (Å²) in [6.45, 7) is 3.76. The number of hydrogen-bond donors (Lipinski definition) is 2. The zero-order valence-electron chi connectivity index (χ0n) is 16.2. The number of aromatic hydroxyl groups is 1. The highest BCUT2D eigenvalue weighted by atomic mass is 16.5. The molecule has 26 heavy (non-hydrogen) atoms. The number of phenolic OH excluding ortho intramolecular Hbond substituents is 1. The van der Waals surface area contributed by atoms with Crippen molar-refractivity contribution in [3.8, 4) is 11.5 Å². The summed E-state index contributed by atoms with van der Waals surface area (Å²) in [5, 5.41) is 12.5. The van der Waals surface area contributed by atoms with Crippen LogP contribution in [0.3, 0.4) is 0 Å². The molecule has 0 atom stereocenters. The summed E-state index contributed by atoms with van der Waals surface area (Å²) in [4.78, 5) is 10.8. The van der Waals surface area contributed by atoms with E-state index in [-0.39, 0.29) is 11.5 Å². The number of carbonyl (C=O) groups excluding carboxylic acids is 1. The first kappa shape index (κ1) is 22.2. The Balaban J connectivity index is 1.81. The van der Waals surface area contributed by atoms with E-state index in [4.69, 9.17) is 4.74 Å². The average Bonchev–Trinajstić information content (AvgIpc) is 2.61. The number of benzene rings is 1. The second-order valence-corrected chi connectivity index (χ2v) is 6.75. The van der Waals surface area contributed by atoms with Gasteiger partial charge in [-0.2, -0.15) is 0 Å². The second kappa shape index (κ2) is 15.4. The lowest BCUT2D eigenvalue weighted by Gasteiger charge is -2.06. The molecule has 4 heteroatoms. The van der Waals surface area contributed by atoms with Gasteiger partial charge in [0.05, 0.1) is 13.2 Å². The molecule has 0 bridgehead atoms. The topological polar surface area (TPSA) is 58.6 Å². The zero-order valence-corrected chi connectivity index (χ0v) is 16.2. The molecular formula is C22H35NO3. The number of Topliss-reactive ketones (excluding diaryl/α,β-unsaturated/α-hetero) is 1. The fourth-order valence-electron chi connectivity index (χ4n) is 2.67. The summed E-state index contributed by atoms with van der Waals surface area (Å²) < 4.78 is 5.61. The van der Waals surface area contributed by atoms with Crippen molar-refractivity contribution in [3.05, 3.63) is 36.4 Å². The molecule has 0 fully saturated rings. The van der Waals surface area contributed by atoms with Crippen molar-refractivity contribution in [1.29, 1.82) is 0 Å². The summed E-state index contributed by atoms with van der Waals surface area (Å²) in [5.74, 6) is 1.19. The Morgan fingerprint density at radius 3 is 2.46 bits per heavy atom. The third kappa shape index (κ3) is 13.5. The molecule has 146 valence electrons. The number of carbonyl (C=O) groups is 1. The van der Waals surface area contributed by atoms with Crippen LogP contribution in [0.5, 0.6) is 11.5 Å². The van der Waals surface area contributed by atoms with Gasteiger partial charge in [0.25, 0.3) is 0 Å². The average molecular weight is 362 g/mol. The zero-order chi connectivity index (χ0) is 18.9. The Bertz CT molecular complexity index is 514. The molecule has 0 spiro atoms. The molecule has 0 unspecified atom stereocenters. The van der Waals surface area contributed by atoms with E-state index >= 15 is 0 Å². The fraction of sp³-hybridized carbons (Fsp3) is 0.591. The van der Waals surface area contributed by atoms with Crippen LogP contribution in [-0.2, 0) is 4.79 Å². The first-order valence-corrected chi connectivity index (χ1v) is 9.95. The van der Waals surface area contributed by atoms with Crippen molar-refractivity contribution in [2.45, 2.75) is 64.7 Å². The molecule has 4 nitrogen and oxygen atoms in total. The van der Waals surface area contributed by atoms with Crippen LogP contribution in [0, 0.1) is 0 Å². The van der Waals surface area contributed by atoms with E-state index in [2.05, 4.69) is 17.5 Å². The number of nitrogens with one attached hydrogen (secondary N) is 1.